The molecule has 0 N–H and O–H groups in total. The van der Waals surface area contributed by atoms with E-state index >= 15 is 0 Å². The third kappa shape index (κ3) is 3.70. The third-order valence-corrected chi connectivity index (χ3v) is 5.12. The van der Waals surface area contributed by atoms with Gasteiger partial charge in [0.2, 0.25) is 18.0 Å². The molecule has 1 unspecified atom stereocenters. The number of hydrogen-bond donors (Lipinski definition) is 0. The minimum absolute atomic E-state index is 0.108. The lowest BCUT2D eigenvalue weighted by Crippen LogP contribution is -2.36. The molecular weight excluding hydrogens is 380 g/mol. The van der Waals surface area contributed by atoms with E-state index < -0.39 is 6.23 Å². The van der Waals surface area contributed by atoms with Gasteiger partial charge in [0, 0.05) is 18.1 Å². The number of benzene rings is 2. The third-order valence-electron chi connectivity index (χ3n) is 5.12. The van der Waals surface area contributed by atoms with Gasteiger partial charge in [0.1, 0.15) is 0 Å². The number of carbonyl (C=O) groups excluding carboxylic acids is 1. The van der Waals surface area contributed by atoms with Crippen LogP contribution in [0.2, 0.25) is 0 Å². The first-order chi connectivity index (χ1) is 14.6. The molecule has 1 amide bonds. The molecule has 0 bridgehead atoms. The molecule has 7 nitrogen and oxygen atoms in total. The Morgan fingerprint density at radius 3 is 2.60 bits per heavy atom. The number of carbonyl (C=O) groups is 1. The summed E-state index contributed by atoms with van der Waals surface area (Å²) in [5.41, 5.74) is 4.01. The zero-order valence-corrected chi connectivity index (χ0v) is 17.3. The molecule has 0 aliphatic carbocycles. The fraction of sp³-hybridized carbons (Fsp3) is 0.304. The van der Waals surface area contributed by atoms with Gasteiger partial charge in [-0.1, -0.05) is 60.9 Å². The predicted molar refractivity (Wildman–Crippen MR) is 113 cm³/mol. The highest BCUT2D eigenvalue weighted by Crippen LogP contribution is 2.43. The Hall–Kier alpha value is -3.48. The van der Waals surface area contributed by atoms with E-state index in [-0.39, 0.29) is 17.8 Å². The normalized spacial score (nSPS) is 14.9. The van der Waals surface area contributed by atoms with Crippen molar-refractivity contribution in [3.8, 4) is 23.1 Å². The lowest BCUT2D eigenvalue weighted by Gasteiger charge is -2.30. The Kier molecular flexibility index (Phi) is 5.61. The zero-order chi connectivity index (χ0) is 21.1. The van der Waals surface area contributed by atoms with Crippen LogP contribution in [0.25, 0.3) is 11.3 Å². The molecule has 0 spiro atoms. The van der Waals surface area contributed by atoms with Crippen LogP contribution in [0.5, 0.6) is 11.9 Å². The summed E-state index contributed by atoms with van der Waals surface area (Å²) in [4.78, 5) is 18.7. The molecule has 2 heterocycles. The number of amides is 1. The van der Waals surface area contributed by atoms with Gasteiger partial charge in [-0.05, 0) is 24.5 Å². The summed E-state index contributed by atoms with van der Waals surface area (Å²) >= 11 is 0. The summed E-state index contributed by atoms with van der Waals surface area (Å²) < 4.78 is 11.4. The lowest BCUT2D eigenvalue weighted by atomic mass is 10.0. The lowest BCUT2D eigenvalue weighted by molar-refractivity contribution is -0.118. The topological polar surface area (TPSA) is 77.4 Å². The monoisotopic (exact) mass is 404 g/mol. The Bertz CT molecular complexity index is 1050. The van der Waals surface area contributed by atoms with Gasteiger partial charge in [-0.25, -0.2) is 0 Å². The highest BCUT2D eigenvalue weighted by Gasteiger charge is 2.34. The van der Waals surface area contributed by atoms with Crippen LogP contribution in [0, 0.1) is 0 Å². The van der Waals surface area contributed by atoms with E-state index in [0.29, 0.717) is 11.4 Å². The number of aryl methyl sites for hydroxylation is 1. The van der Waals surface area contributed by atoms with Crippen LogP contribution in [0.3, 0.4) is 0 Å². The maximum atomic E-state index is 12.7. The van der Waals surface area contributed by atoms with Crippen molar-refractivity contribution in [2.24, 2.45) is 0 Å². The van der Waals surface area contributed by atoms with E-state index in [9.17, 15) is 4.79 Å². The van der Waals surface area contributed by atoms with Crippen LogP contribution >= 0.6 is 0 Å². The number of para-hydroxylation sites is 1. The second kappa shape index (κ2) is 8.49. The van der Waals surface area contributed by atoms with Crippen molar-refractivity contribution in [1.82, 2.24) is 15.2 Å². The molecule has 30 heavy (non-hydrogen) atoms. The first kappa shape index (κ1) is 19.8. The molecule has 1 aliphatic rings. The van der Waals surface area contributed by atoms with Crippen LogP contribution in [0.4, 0.5) is 5.69 Å². The number of aromatic nitrogens is 3. The average Bonchev–Trinajstić information content (AvgIpc) is 2.92. The van der Waals surface area contributed by atoms with Crippen molar-refractivity contribution < 1.29 is 14.3 Å². The fourth-order valence-electron chi connectivity index (χ4n) is 3.59. The molecule has 0 saturated carbocycles. The molecular formula is C23H24N4O3. The highest BCUT2D eigenvalue weighted by atomic mass is 16.5. The van der Waals surface area contributed by atoms with Gasteiger partial charge in [0.15, 0.2) is 5.69 Å². The molecule has 0 fully saturated rings. The molecule has 1 atom stereocenters. The van der Waals surface area contributed by atoms with Crippen molar-refractivity contribution in [1.29, 1.82) is 0 Å². The summed E-state index contributed by atoms with van der Waals surface area (Å²) in [5.74, 6) is 0.133. The van der Waals surface area contributed by atoms with E-state index in [1.807, 2.05) is 36.4 Å². The summed E-state index contributed by atoms with van der Waals surface area (Å²) in [6.45, 7) is 3.70. The molecule has 154 valence electrons. The van der Waals surface area contributed by atoms with Crippen molar-refractivity contribution >= 4 is 11.6 Å². The van der Waals surface area contributed by atoms with E-state index in [1.54, 1.807) is 4.90 Å². The standard InChI is InChI=1S/C23H24N4O3/c1-4-5-8-16-11-13-17(14-12-16)22-27(15(2)28)19-10-7-6-9-18(19)20-21(30-22)24-23(29-3)26-25-20/h6-7,9-14,22H,4-5,8H2,1-3H3. The number of methoxy groups -OCH3 is 1. The average molecular weight is 404 g/mol. The van der Waals surface area contributed by atoms with Crippen molar-refractivity contribution in [3.63, 3.8) is 0 Å². The Balaban J connectivity index is 1.84. The van der Waals surface area contributed by atoms with Crippen LogP contribution < -0.4 is 14.4 Å². The van der Waals surface area contributed by atoms with Crippen molar-refractivity contribution in [3.05, 3.63) is 59.7 Å². The van der Waals surface area contributed by atoms with E-state index in [2.05, 4.69) is 34.2 Å². The number of hydrogen-bond acceptors (Lipinski definition) is 6. The molecule has 2 aromatic carbocycles. The van der Waals surface area contributed by atoms with Gasteiger partial charge in [-0.15, -0.1) is 5.10 Å². The molecule has 7 heteroatoms. The summed E-state index contributed by atoms with van der Waals surface area (Å²) in [5, 5.41) is 8.25. The first-order valence-electron chi connectivity index (χ1n) is 10.1. The van der Waals surface area contributed by atoms with Crippen LogP contribution in [0.1, 0.15) is 44.0 Å². The fourth-order valence-corrected chi connectivity index (χ4v) is 3.59. The second-order valence-electron chi connectivity index (χ2n) is 7.17. The maximum Gasteiger partial charge on any atom is 0.338 e. The highest BCUT2D eigenvalue weighted by molar-refractivity contribution is 5.97. The van der Waals surface area contributed by atoms with Crippen molar-refractivity contribution in [2.45, 2.75) is 39.3 Å². The molecule has 1 aliphatic heterocycles. The first-order valence-corrected chi connectivity index (χ1v) is 10.1. The maximum absolute atomic E-state index is 12.7. The van der Waals surface area contributed by atoms with Crippen molar-refractivity contribution in [2.75, 3.05) is 12.0 Å². The summed E-state index contributed by atoms with van der Waals surface area (Å²) in [6.07, 6.45) is 2.63. The molecule has 4 rings (SSSR count). The Labute approximate surface area is 175 Å². The largest absolute Gasteiger partial charge is 0.466 e. The van der Waals surface area contributed by atoms with Gasteiger partial charge < -0.3 is 9.47 Å². The number of unbranched alkanes of at least 4 members (excludes halogenated alkanes) is 1. The predicted octanol–water partition coefficient (Wildman–Crippen LogP) is 4.33. The smallest absolute Gasteiger partial charge is 0.338 e. The van der Waals surface area contributed by atoms with Crippen LogP contribution in [0.15, 0.2) is 48.5 Å². The number of nitrogens with zero attached hydrogens (tertiary/aromatic N) is 4. The van der Waals surface area contributed by atoms with Gasteiger partial charge in [-0.3, -0.25) is 9.69 Å². The van der Waals surface area contributed by atoms with Gasteiger partial charge in [0.25, 0.3) is 0 Å². The molecule has 1 aromatic heterocycles. The van der Waals surface area contributed by atoms with Crippen LogP contribution in [-0.2, 0) is 11.2 Å². The van der Waals surface area contributed by atoms with Gasteiger partial charge in [0.05, 0.1) is 12.8 Å². The SMILES string of the molecule is CCCCc1ccc(C2Oc3nc(OC)nnc3-c3ccccc3N2C(C)=O)cc1. The van der Waals surface area contributed by atoms with Gasteiger partial charge in [-0.2, -0.15) is 4.98 Å². The minimum Gasteiger partial charge on any atom is -0.466 e. The molecule has 0 radical (unpaired) electrons. The van der Waals surface area contributed by atoms with E-state index in [1.165, 1.54) is 19.6 Å². The van der Waals surface area contributed by atoms with Crippen LogP contribution in [-0.4, -0.2) is 28.2 Å². The quantitative estimate of drug-likeness (QED) is 0.630. The number of rotatable bonds is 5. The second-order valence-corrected chi connectivity index (χ2v) is 7.17. The summed E-state index contributed by atoms with van der Waals surface area (Å²) in [6, 6.07) is 15.8. The molecule has 0 saturated heterocycles. The number of fused-ring (bicyclic) bond motifs is 3. The Morgan fingerprint density at radius 2 is 1.90 bits per heavy atom. The van der Waals surface area contributed by atoms with Gasteiger partial charge >= 0.3 is 6.01 Å². The summed E-state index contributed by atoms with van der Waals surface area (Å²) in [7, 11) is 1.47. The van der Waals surface area contributed by atoms with E-state index in [0.717, 1.165) is 30.4 Å². The number of anilines is 1. The zero-order valence-electron chi connectivity index (χ0n) is 17.3. The number of ether oxygens (including phenoxy) is 2. The molecule has 3 aromatic rings. The van der Waals surface area contributed by atoms with E-state index in [4.69, 9.17) is 9.47 Å². The Morgan fingerprint density at radius 1 is 1.13 bits per heavy atom. The minimum atomic E-state index is -0.688.